The van der Waals surface area contributed by atoms with Gasteiger partial charge in [-0.3, -0.25) is 9.59 Å². The molecular formula is C22H27N3O4. The second-order valence-corrected chi connectivity index (χ2v) is 8.02. The topological polar surface area (TPSA) is 75.9 Å². The highest BCUT2D eigenvalue weighted by molar-refractivity contribution is 5.92. The van der Waals surface area contributed by atoms with Crippen LogP contribution >= 0.6 is 0 Å². The van der Waals surface area contributed by atoms with Crippen LogP contribution in [0.3, 0.4) is 0 Å². The van der Waals surface area contributed by atoms with Gasteiger partial charge in [0, 0.05) is 44.1 Å². The molecule has 0 N–H and O–H groups in total. The summed E-state index contributed by atoms with van der Waals surface area (Å²) in [4.78, 5) is 33.2. The third-order valence-corrected chi connectivity index (χ3v) is 6.23. The first-order valence-corrected chi connectivity index (χ1v) is 10.2. The van der Waals surface area contributed by atoms with E-state index in [1.54, 1.807) is 0 Å². The molecule has 3 heterocycles. The Labute approximate surface area is 170 Å². The molecule has 2 fully saturated rings. The number of ether oxygens (including phenoxy) is 1. The molecule has 1 aromatic carbocycles. The molecule has 0 aliphatic carbocycles. The Hall–Kier alpha value is -2.67. The van der Waals surface area contributed by atoms with Crippen LogP contribution in [0.1, 0.15) is 29.4 Å². The summed E-state index contributed by atoms with van der Waals surface area (Å²) < 4.78 is 10.3. The van der Waals surface area contributed by atoms with Gasteiger partial charge in [-0.2, -0.15) is 0 Å². The maximum Gasteiger partial charge on any atom is 0.275 e. The van der Waals surface area contributed by atoms with E-state index in [-0.39, 0.29) is 29.8 Å². The minimum atomic E-state index is -0.100. The van der Waals surface area contributed by atoms with Gasteiger partial charge in [0.2, 0.25) is 5.91 Å². The minimum absolute atomic E-state index is 0.0368. The van der Waals surface area contributed by atoms with Crippen LogP contribution in [-0.4, -0.2) is 66.0 Å². The molecular weight excluding hydrogens is 370 g/mol. The molecule has 29 heavy (non-hydrogen) atoms. The zero-order chi connectivity index (χ0) is 20.3. The third-order valence-electron chi connectivity index (χ3n) is 6.23. The van der Waals surface area contributed by atoms with Crippen molar-refractivity contribution in [2.75, 3.05) is 39.4 Å². The molecule has 2 aromatic rings. The van der Waals surface area contributed by atoms with Crippen molar-refractivity contribution in [2.24, 2.45) is 11.3 Å². The van der Waals surface area contributed by atoms with Crippen molar-refractivity contribution < 1.29 is 18.7 Å². The van der Waals surface area contributed by atoms with Gasteiger partial charge in [0.05, 0.1) is 0 Å². The van der Waals surface area contributed by atoms with E-state index in [1.807, 2.05) is 34.9 Å². The normalized spacial score (nSPS) is 23.4. The molecule has 154 valence electrons. The lowest BCUT2D eigenvalue weighted by Crippen LogP contribution is -2.40. The van der Waals surface area contributed by atoms with Gasteiger partial charge >= 0.3 is 0 Å². The van der Waals surface area contributed by atoms with Crippen molar-refractivity contribution in [3.63, 3.8) is 0 Å². The number of aromatic nitrogens is 1. The molecule has 0 unspecified atom stereocenters. The van der Waals surface area contributed by atoms with E-state index < -0.39 is 0 Å². The Bertz CT molecular complexity index is 839. The number of fused-ring (bicyclic) bond motifs is 1. The molecule has 0 saturated carbocycles. The molecule has 2 atom stereocenters. The SMILES string of the molecule is CCOCC(=O)N1C[C@@H]2CN(C(=O)c3cocn3)C[C@]2(CCc2ccccc2)C1. The molecule has 2 amide bonds. The maximum atomic E-state index is 12.8. The summed E-state index contributed by atoms with van der Waals surface area (Å²) in [6.45, 7) is 5.15. The average molecular weight is 397 g/mol. The van der Waals surface area contributed by atoms with E-state index in [2.05, 4.69) is 17.1 Å². The minimum Gasteiger partial charge on any atom is -0.451 e. The first kappa shape index (κ1) is 19.6. The number of carbonyl (C=O) groups excluding carboxylic acids is 2. The lowest BCUT2D eigenvalue weighted by atomic mass is 9.76. The van der Waals surface area contributed by atoms with E-state index in [4.69, 9.17) is 9.15 Å². The number of hydrogen-bond donors (Lipinski definition) is 0. The van der Waals surface area contributed by atoms with Crippen molar-refractivity contribution >= 4 is 11.8 Å². The van der Waals surface area contributed by atoms with Gasteiger partial charge in [-0.05, 0) is 25.3 Å². The Kier molecular flexibility index (Phi) is 5.67. The second-order valence-electron chi connectivity index (χ2n) is 8.02. The Morgan fingerprint density at radius 2 is 1.97 bits per heavy atom. The van der Waals surface area contributed by atoms with Gasteiger partial charge < -0.3 is 19.0 Å². The monoisotopic (exact) mass is 397 g/mol. The van der Waals surface area contributed by atoms with Gasteiger partial charge in [0.25, 0.3) is 5.91 Å². The van der Waals surface area contributed by atoms with Crippen LogP contribution in [0, 0.1) is 11.3 Å². The molecule has 7 nitrogen and oxygen atoms in total. The van der Waals surface area contributed by atoms with Crippen LogP contribution < -0.4 is 0 Å². The number of hydrogen-bond acceptors (Lipinski definition) is 5. The summed E-state index contributed by atoms with van der Waals surface area (Å²) in [6.07, 6.45) is 4.54. The van der Waals surface area contributed by atoms with Gasteiger partial charge in [0.15, 0.2) is 12.1 Å². The maximum absolute atomic E-state index is 12.8. The lowest BCUT2D eigenvalue weighted by molar-refractivity contribution is -0.135. The number of likely N-dealkylation sites (tertiary alicyclic amines) is 2. The fourth-order valence-electron chi connectivity index (χ4n) is 4.68. The lowest BCUT2D eigenvalue weighted by Gasteiger charge is -2.29. The van der Waals surface area contributed by atoms with Crippen LogP contribution in [0.2, 0.25) is 0 Å². The number of nitrogens with zero attached hydrogens (tertiary/aromatic N) is 3. The predicted octanol–water partition coefficient (Wildman–Crippen LogP) is 2.24. The highest BCUT2D eigenvalue weighted by Crippen LogP contribution is 2.46. The van der Waals surface area contributed by atoms with Gasteiger partial charge in [-0.15, -0.1) is 0 Å². The fraction of sp³-hybridized carbons (Fsp3) is 0.500. The fourth-order valence-corrected chi connectivity index (χ4v) is 4.68. The predicted molar refractivity (Wildman–Crippen MR) is 106 cm³/mol. The Balaban J connectivity index is 1.50. The highest BCUT2D eigenvalue weighted by atomic mass is 16.5. The summed E-state index contributed by atoms with van der Waals surface area (Å²) >= 11 is 0. The molecule has 0 bridgehead atoms. The van der Waals surface area contributed by atoms with Crippen molar-refractivity contribution in [1.82, 2.24) is 14.8 Å². The molecule has 0 radical (unpaired) electrons. The van der Waals surface area contributed by atoms with Crippen LogP contribution in [0.4, 0.5) is 0 Å². The van der Waals surface area contributed by atoms with Crippen LogP contribution in [-0.2, 0) is 16.0 Å². The number of benzene rings is 1. The second kappa shape index (κ2) is 8.37. The smallest absolute Gasteiger partial charge is 0.275 e. The highest BCUT2D eigenvalue weighted by Gasteiger charge is 2.54. The summed E-state index contributed by atoms with van der Waals surface area (Å²) in [5, 5.41) is 0. The number of rotatable bonds is 7. The third kappa shape index (κ3) is 4.05. The molecule has 4 rings (SSSR count). The van der Waals surface area contributed by atoms with E-state index in [1.165, 1.54) is 18.2 Å². The zero-order valence-electron chi connectivity index (χ0n) is 16.8. The zero-order valence-corrected chi connectivity index (χ0v) is 16.8. The standard InChI is InChI=1S/C22H27N3O4/c1-2-28-13-20(26)24-10-18-11-25(21(27)19-12-29-16-23-19)15-22(18,14-24)9-8-17-6-4-3-5-7-17/h3-7,12,16,18H,2,8-11,13-15H2,1H3/t18-,22+/m1/s1. The van der Waals surface area contributed by atoms with Gasteiger partial charge in [0.1, 0.15) is 12.9 Å². The van der Waals surface area contributed by atoms with Crippen molar-refractivity contribution in [1.29, 1.82) is 0 Å². The first-order chi connectivity index (χ1) is 14.1. The molecule has 2 aliphatic heterocycles. The number of aryl methyl sites for hydroxylation is 1. The van der Waals surface area contributed by atoms with Crippen molar-refractivity contribution in [2.45, 2.75) is 19.8 Å². The molecule has 1 aromatic heterocycles. The van der Waals surface area contributed by atoms with Gasteiger partial charge in [-0.25, -0.2) is 4.98 Å². The molecule has 7 heteroatoms. The Morgan fingerprint density at radius 1 is 1.21 bits per heavy atom. The van der Waals surface area contributed by atoms with Crippen LogP contribution in [0.25, 0.3) is 0 Å². The van der Waals surface area contributed by atoms with E-state index >= 15 is 0 Å². The average Bonchev–Trinajstić information content (AvgIpc) is 3.45. The quantitative estimate of drug-likeness (QED) is 0.716. The largest absolute Gasteiger partial charge is 0.451 e. The van der Waals surface area contributed by atoms with E-state index in [9.17, 15) is 9.59 Å². The van der Waals surface area contributed by atoms with Gasteiger partial charge in [-0.1, -0.05) is 30.3 Å². The summed E-state index contributed by atoms with van der Waals surface area (Å²) in [5.41, 5.74) is 1.52. The molecule has 2 aliphatic rings. The Morgan fingerprint density at radius 3 is 2.69 bits per heavy atom. The summed E-state index contributed by atoms with van der Waals surface area (Å²) in [5.74, 6) is 0.196. The van der Waals surface area contributed by atoms with Crippen LogP contribution in [0.15, 0.2) is 47.4 Å². The summed E-state index contributed by atoms with van der Waals surface area (Å²) in [6, 6.07) is 10.4. The van der Waals surface area contributed by atoms with E-state index in [0.29, 0.717) is 38.5 Å². The number of carbonyl (C=O) groups is 2. The van der Waals surface area contributed by atoms with Crippen molar-refractivity contribution in [3.05, 3.63) is 54.2 Å². The number of amides is 2. The molecule has 2 saturated heterocycles. The van der Waals surface area contributed by atoms with Crippen LogP contribution in [0.5, 0.6) is 0 Å². The number of oxazole rings is 1. The first-order valence-electron chi connectivity index (χ1n) is 10.2. The van der Waals surface area contributed by atoms with E-state index in [0.717, 1.165) is 12.8 Å². The molecule has 0 spiro atoms. The van der Waals surface area contributed by atoms with Crippen molar-refractivity contribution in [3.8, 4) is 0 Å². The summed E-state index contributed by atoms with van der Waals surface area (Å²) in [7, 11) is 0.